The van der Waals surface area contributed by atoms with Crippen molar-refractivity contribution >= 4 is 58.1 Å². The van der Waals surface area contributed by atoms with Crippen LogP contribution in [0.15, 0.2) is 51.1 Å². The van der Waals surface area contributed by atoms with Crippen molar-refractivity contribution in [3.63, 3.8) is 0 Å². The van der Waals surface area contributed by atoms with E-state index in [0.29, 0.717) is 22.9 Å². The van der Waals surface area contributed by atoms with Gasteiger partial charge in [-0.05, 0) is 43.6 Å². The van der Waals surface area contributed by atoms with Gasteiger partial charge in [-0.3, -0.25) is 19.2 Å². The van der Waals surface area contributed by atoms with Crippen LogP contribution in [0.2, 0.25) is 0 Å². The second-order valence-electron chi connectivity index (χ2n) is 15.1. The maximum absolute atomic E-state index is 14.0. The van der Waals surface area contributed by atoms with Crippen LogP contribution in [0.25, 0.3) is 0 Å². The molecule has 3 aliphatic rings. The molecule has 4 N–H and O–H groups in total. The van der Waals surface area contributed by atoms with Crippen LogP contribution in [0.3, 0.4) is 0 Å². The summed E-state index contributed by atoms with van der Waals surface area (Å²) < 4.78 is 12.3. The lowest BCUT2D eigenvalue weighted by atomic mass is 9.98. The number of thiazole rings is 2. The number of carbonyl (C=O) groups excluding carboxylic acids is 4. The molecule has 3 aromatic rings. The van der Waals surface area contributed by atoms with Gasteiger partial charge in [0.15, 0.2) is 12.1 Å². The monoisotopic (exact) mass is 790 g/mol. The molecule has 4 amide bonds. The molecule has 0 aliphatic carbocycles. The first-order valence-electron chi connectivity index (χ1n) is 18.9. The molecule has 5 heterocycles. The van der Waals surface area contributed by atoms with Gasteiger partial charge in [-0.1, -0.05) is 78.3 Å². The van der Waals surface area contributed by atoms with Crippen LogP contribution in [0.5, 0.6) is 0 Å². The average molecular weight is 791 g/mol. The maximum Gasteiger partial charge on any atom is 0.271 e. The van der Waals surface area contributed by atoms with Crippen molar-refractivity contribution < 1.29 is 28.7 Å². The number of rotatable bonds is 6. The Kier molecular flexibility index (Phi) is 12.3. The zero-order chi connectivity index (χ0) is 39.6. The van der Waals surface area contributed by atoms with Crippen LogP contribution in [0.4, 0.5) is 0 Å². The number of fused-ring (bicyclic) bond motifs is 6. The Morgan fingerprint density at radius 1 is 0.673 bits per heavy atom. The van der Waals surface area contributed by atoms with E-state index < -0.39 is 60.3 Å². The van der Waals surface area contributed by atoms with E-state index in [0.717, 1.165) is 5.56 Å². The van der Waals surface area contributed by atoms with Crippen molar-refractivity contribution in [1.82, 2.24) is 31.2 Å². The molecule has 0 spiro atoms. The summed E-state index contributed by atoms with van der Waals surface area (Å²) in [4.78, 5) is 74.2. The van der Waals surface area contributed by atoms with Gasteiger partial charge >= 0.3 is 0 Å². The van der Waals surface area contributed by atoms with E-state index in [1.807, 2.05) is 71.9 Å². The van der Waals surface area contributed by atoms with Crippen LogP contribution in [-0.4, -0.2) is 81.8 Å². The summed E-state index contributed by atoms with van der Waals surface area (Å²) in [5, 5.41) is 16.8. The largest absolute Gasteiger partial charge is 0.474 e. The minimum atomic E-state index is -0.892. The quantitative estimate of drug-likeness (QED) is 0.275. The summed E-state index contributed by atoms with van der Waals surface area (Å²) in [6.07, 6.45) is -0.0891. The highest BCUT2D eigenvalue weighted by Crippen LogP contribution is 2.29. The van der Waals surface area contributed by atoms with E-state index in [-0.39, 0.29) is 52.8 Å². The Balaban J connectivity index is 1.39. The van der Waals surface area contributed by atoms with Gasteiger partial charge in [0, 0.05) is 10.8 Å². The molecule has 2 unspecified atom stereocenters. The first kappa shape index (κ1) is 40.0. The second-order valence-corrected chi connectivity index (χ2v) is 16.9. The summed E-state index contributed by atoms with van der Waals surface area (Å²) in [5.74, 6) is -1.32. The van der Waals surface area contributed by atoms with Gasteiger partial charge in [-0.15, -0.1) is 22.7 Å². The van der Waals surface area contributed by atoms with Crippen molar-refractivity contribution in [3.8, 4) is 0 Å². The summed E-state index contributed by atoms with van der Waals surface area (Å²) >= 11 is 2.55. The number of aliphatic imine (C=N–C) groups is 2. The summed E-state index contributed by atoms with van der Waals surface area (Å²) in [7, 11) is 0. The minimum Gasteiger partial charge on any atom is -0.474 e. The average Bonchev–Trinajstić information content (AvgIpc) is 3.98. The van der Waals surface area contributed by atoms with Crippen LogP contribution < -0.4 is 21.3 Å². The van der Waals surface area contributed by atoms with Crippen LogP contribution in [0.1, 0.15) is 110 Å². The third-order valence-corrected chi connectivity index (χ3v) is 12.1. The Labute approximate surface area is 329 Å². The molecule has 0 radical (unpaired) electrons. The molecule has 294 valence electrons. The van der Waals surface area contributed by atoms with E-state index in [2.05, 4.69) is 31.2 Å². The van der Waals surface area contributed by atoms with Crippen molar-refractivity contribution in [2.75, 3.05) is 0 Å². The smallest absolute Gasteiger partial charge is 0.271 e. The first-order valence-corrected chi connectivity index (χ1v) is 20.7. The number of hydrogen-bond acceptors (Lipinski definition) is 12. The summed E-state index contributed by atoms with van der Waals surface area (Å²) in [6.45, 7) is 15.3. The maximum atomic E-state index is 14.0. The highest BCUT2D eigenvalue weighted by atomic mass is 32.1. The van der Waals surface area contributed by atoms with Gasteiger partial charge in [0.2, 0.25) is 23.6 Å². The molecule has 14 nitrogen and oxygen atoms in total. The summed E-state index contributed by atoms with van der Waals surface area (Å²) in [5.41, 5.74) is 1.35. The lowest BCUT2D eigenvalue weighted by Gasteiger charge is -2.24. The molecule has 2 aromatic heterocycles. The lowest BCUT2D eigenvalue weighted by molar-refractivity contribution is -0.125. The molecule has 0 saturated heterocycles. The molecule has 0 saturated carbocycles. The number of nitrogens with one attached hydrogen (secondary N) is 4. The molecule has 0 fully saturated rings. The van der Waals surface area contributed by atoms with Gasteiger partial charge in [-0.2, -0.15) is 0 Å². The third kappa shape index (κ3) is 8.90. The van der Waals surface area contributed by atoms with Gasteiger partial charge in [0.05, 0.1) is 12.1 Å². The van der Waals surface area contributed by atoms with Gasteiger partial charge < -0.3 is 30.7 Å². The lowest BCUT2D eigenvalue weighted by Crippen LogP contribution is -2.45. The Hall–Kier alpha value is -4.70. The molecule has 16 heteroatoms. The number of hydrogen-bond donors (Lipinski definition) is 4. The van der Waals surface area contributed by atoms with Gasteiger partial charge in [-0.25, -0.2) is 20.0 Å². The number of carbonyl (C=O) groups is 4. The number of nitrogens with zero attached hydrogens (tertiary/aromatic N) is 4. The normalized spacial score (nSPS) is 28.2. The standard InChI is InChI=1S/C39H50N8O6S2/c1-9-20(6)29-37-47-30(21(7)53-37)34(50)40-24(15-23-13-11-10-12-14-23)38-41-25(16-54-38)32(48)43-27(18(2)3)36-46-31(22(8)52-36)35(51)44-28(19(4)5)39-42-26(17-55-39)33(49)45-29/h10-14,16-22,24,27-31H,9,15H2,1-8H3,(H,40,50)(H,43,48)(H,44,51)(H,45,49)/t20?,21-,22-,24-,27+,28?,29+,30+,31+/m1/s1. The van der Waals surface area contributed by atoms with Crippen molar-refractivity contribution in [3.05, 3.63) is 68.1 Å². The first-order chi connectivity index (χ1) is 26.2. The van der Waals surface area contributed by atoms with Crippen LogP contribution in [0, 0.1) is 17.8 Å². The topological polar surface area (TPSA) is 185 Å². The van der Waals surface area contributed by atoms with Crippen molar-refractivity contribution in [1.29, 1.82) is 0 Å². The van der Waals surface area contributed by atoms with E-state index in [4.69, 9.17) is 19.5 Å². The zero-order valence-corrected chi connectivity index (χ0v) is 34.0. The molecule has 6 rings (SSSR count). The predicted molar refractivity (Wildman–Crippen MR) is 211 cm³/mol. The summed E-state index contributed by atoms with van der Waals surface area (Å²) in [6, 6.07) is 5.59. The number of aromatic nitrogens is 2. The fourth-order valence-electron chi connectivity index (χ4n) is 6.68. The van der Waals surface area contributed by atoms with Crippen LogP contribution in [-0.2, 0) is 25.5 Å². The van der Waals surface area contributed by atoms with Gasteiger partial charge in [0.1, 0.15) is 45.7 Å². The SMILES string of the molecule is CCC(C)[C@@H]1NC(=O)c2csc(n2)C(C(C)C)NC(=O)[C@H]2N=C(O[C@@H]2C)[C@H](C(C)C)NC(=O)c2csc(n2)[C@@H](Cc2ccccc2)NC(=O)[C@H]2N=C1O[C@@H]2C. The zero-order valence-electron chi connectivity index (χ0n) is 32.4. The minimum absolute atomic E-state index is 0.0673. The second kappa shape index (κ2) is 17.0. The van der Waals surface area contributed by atoms with E-state index in [9.17, 15) is 19.2 Å². The molecule has 8 bridgehead atoms. The van der Waals surface area contributed by atoms with Crippen molar-refractivity contribution in [2.24, 2.45) is 27.7 Å². The third-order valence-electron chi connectivity index (χ3n) is 10.2. The molecular weight excluding hydrogens is 741 g/mol. The Morgan fingerprint density at radius 2 is 1.18 bits per heavy atom. The van der Waals surface area contributed by atoms with E-state index in [1.54, 1.807) is 24.6 Å². The van der Waals surface area contributed by atoms with Gasteiger partial charge in [0.25, 0.3) is 11.8 Å². The van der Waals surface area contributed by atoms with Crippen LogP contribution >= 0.6 is 22.7 Å². The molecule has 9 atom stereocenters. The highest BCUT2D eigenvalue weighted by molar-refractivity contribution is 7.10. The fraction of sp³-hybridized carbons (Fsp3) is 0.538. The van der Waals surface area contributed by atoms with E-state index >= 15 is 0 Å². The molecular formula is C39H50N8O6S2. The fourth-order valence-corrected chi connectivity index (χ4v) is 8.55. The predicted octanol–water partition coefficient (Wildman–Crippen LogP) is 4.80. The Morgan fingerprint density at radius 3 is 1.75 bits per heavy atom. The molecule has 1 aromatic carbocycles. The molecule has 55 heavy (non-hydrogen) atoms. The van der Waals surface area contributed by atoms with Crippen molar-refractivity contribution in [2.45, 2.75) is 117 Å². The number of ether oxygens (including phenoxy) is 2. The Bertz CT molecular complexity index is 1940. The van der Waals surface area contributed by atoms with E-state index in [1.165, 1.54) is 22.7 Å². The number of benzene rings is 1. The molecule has 3 aliphatic heterocycles. The number of amides is 4. The highest BCUT2D eigenvalue weighted by Gasteiger charge is 2.41.